The number of amides is 1. The third-order valence-corrected chi connectivity index (χ3v) is 6.00. The largest absolute Gasteiger partial charge is 0.305 e. The van der Waals surface area contributed by atoms with Crippen LogP contribution in [-0.2, 0) is 6.42 Å². The molecule has 4 aromatic rings. The molecule has 0 fully saturated rings. The fourth-order valence-electron chi connectivity index (χ4n) is 3.73. The zero-order valence-electron chi connectivity index (χ0n) is 14.8. The summed E-state index contributed by atoms with van der Waals surface area (Å²) in [5.41, 5.74) is 4.39. The first-order valence-corrected chi connectivity index (χ1v) is 9.76. The van der Waals surface area contributed by atoms with E-state index in [-0.39, 0.29) is 11.9 Å². The molecule has 0 saturated carbocycles. The molecule has 0 radical (unpaired) electrons. The van der Waals surface area contributed by atoms with E-state index in [2.05, 4.69) is 18.0 Å². The van der Waals surface area contributed by atoms with Crippen molar-refractivity contribution in [2.45, 2.75) is 19.4 Å². The molecule has 0 N–H and O–H groups in total. The van der Waals surface area contributed by atoms with E-state index in [4.69, 9.17) is 4.98 Å². The number of carbonyl (C=O) groups is 1. The van der Waals surface area contributed by atoms with Gasteiger partial charge in [0.05, 0.1) is 15.8 Å². The van der Waals surface area contributed by atoms with Crippen LogP contribution in [0.25, 0.3) is 20.9 Å². The molecule has 4 nitrogen and oxygen atoms in total. The highest BCUT2D eigenvalue weighted by molar-refractivity contribution is 7.21. The van der Waals surface area contributed by atoms with Gasteiger partial charge in [0, 0.05) is 17.9 Å². The SMILES string of the molecule is CC1Cc2ccccc2N1C(=O)c1cccnc1-c1nc2ccccc2s1. The Balaban J connectivity index is 1.61. The fourth-order valence-corrected chi connectivity index (χ4v) is 4.70. The smallest absolute Gasteiger partial charge is 0.260 e. The second kappa shape index (κ2) is 6.28. The maximum atomic E-state index is 13.5. The lowest BCUT2D eigenvalue weighted by Gasteiger charge is -2.23. The molecule has 1 aliphatic rings. The van der Waals surface area contributed by atoms with E-state index in [9.17, 15) is 4.79 Å². The Morgan fingerprint density at radius 1 is 1.07 bits per heavy atom. The highest BCUT2D eigenvalue weighted by Gasteiger charge is 2.32. The molecule has 1 aliphatic heterocycles. The molecular formula is C22H17N3OS. The molecule has 27 heavy (non-hydrogen) atoms. The van der Waals surface area contributed by atoms with Crippen molar-refractivity contribution in [3.05, 3.63) is 78.0 Å². The summed E-state index contributed by atoms with van der Waals surface area (Å²) >= 11 is 1.57. The van der Waals surface area contributed by atoms with E-state index in [1.807, 2.05) is 59.5 Å². The van der Waals surface area contributed by atoms with Crippen LogP contribution in [0.2, 0.25) is 0 Å². The predicted molar refractivity (Wildman–Crippen MR) is 109 cm³/mol. The van der Waals surface area contributed by atoms with Crippen LogP contribution in [0.1, 0.15) is 22.8 Å². The standard InChI is InChI=1S/C22H17N3OS/c1-14-13-15-7-2-4-10-18(15)25(14)22(26)16-8-6-12-23-20(16)21-24-17-9-3-5-11-19(17)27-21/h2-12,14H,13H2,1H3. The summed E-state index contributed by atoms with van der Waals surface area (Å²) < 4.78 is 1.09. The first kappa shape index (κ1) is 16.1. The third kappa shape index (κ3) is 2.62. The molecule has 1 atom stereocenters. The lowest BCUT2D eigenvalue weighted by Crippen LogP contribution is -2.36. The number of rotatable bonds is 2. The van der Waals surface area contributed by atoms with Crippen LogP contribution in [0.5, 0.6) is 0 Å². The number of fused-ring (bicyclic) bond motifs is 2. The van der Waals surface area contributed by atoms with Gasteiger partial charge in [-0.2, -0.15) is 0 Å². The van der Waals surface area contributed by atoms with Gasteiger partial charge in [-0.05, 0) is 49.2 Å². The van der Waals surface area contributed by atoms with Gasteiger partial charge in [0.1, 0.15) is 10.7 Å². The Labute approximate surface area is 161 Å². The molecule has 2 aromatic carbocycles. The van der Waals surface area contributed by atoms with Gasteiger partial charge in [0.15, 0.2) is 0 Å². The number of carbonyl (C=O) groups excluding carboxylic acids is 1. The number of anilines is 1. The van der Waals surface area contributed by atoms with Crippen molar-refractivity contribution >= 4 is 33.1 Å². The zero-order valence-corrected chi connectivity index (χ0v) is 15.6. The molecule has 5 rings (SSSR count). The number of aromatic nitrogens is 2. The average molecular weight is 371 g/mol. The summed E-state index contributed by atoms with van der Waals surface area (Å²) in [5, 5.41) is 0.778. The fraction of sp³-hybridized carbons (Fsp3) is 0.136. The van der Waals surface area contributed by atoms with Crippen LogP contribution in [0.3, 0.4) is 0 Å². The highest BCUT2D eigenvalue weighted by atomic mass is 32.1. The summed E-state index contributed by atoms with van der Waals surface area (Å²) in [6.07, 6.45) is 2.60. The Hall–Kier alpha value is -3.05. The summed E-state index contributed by atoms with van der Waals surface area (Å²) in [6.45, 7) is 2.09. The Morgan fingerprint density at radius 2 is 1.89 bits per heavy atom. The first-order chi connectivity index (χ1) is 13.2. The second-order valence-electron chi connectivity index (χ2n) is 6.74. The minimum absolute atomic E-state index is 0.0187. The van der Waals surface area contributed by atoms with Gasteiger partial charge < -0.3 is 4.90 Å². The van der Waals surface area contributed by atoms with Crippen LogP contribution >= 0.6 is 11.3 Å². The minimum Gasteiger partial charge on any atom is -0.305 e. The van der Waals surface area contributed by atoms with Gasteiger partial charge in [-0.3, -0.25) is 9.78 Å². The molecule has 132 valence electrons. The van der Waals surface area contributed by atoms with E-state index in [1.165, 1.54) is 5.56 Å². The van der Waals surface area contributed by atoms with E-state index < -0.39 is 0 Å². The van der Waals surface area contributed by atoms with E-state index in [1.54, 1.807) is 17.5 Å². The highest BCUT2D eigenvalue weighted by Crippen LogP contribution is 2.36. The number of pyridine rings is 1. The van der Waals surface area contributed by atoms with Crippen LogP contribution in [-0.4, -0.2) is 21.9 Å². The number of hydrogen-bond donors (Lipinski definition) is 0. The molecular weight excluding hydrogens is 354 g/mol. The van der Waals surface area contributed by atoms with Crippen LogP contribution in [0.4, 0.5) is 5.69 Å². The summed E-state index contributed by atoms with van der Waals surface area (Å²) in [4.78, 5) is 24.6. The molecule has 2 aromatic heterocycles. The summed E-state index contributed by atoms with van der Waals surface area (Å²) in [7, 11) is 0. The molecule has 1 unspecified atom stereocenters. The predicted octanol–water partition coefficient (Wildman–Crippen LogP) is 4.95. The van der Waals surface area contributed by atoms with Crippen molar-refractivity contribution in [2.24, 2.45) is 0 Å². The van der Waals surface area contributed by atoms with E-state index in [0.717, 1.165) is 27.3 Å². The number of thiazole rings is 1. The topological polar surface area (TPSA) is 46.1 Å². The normalized spacial score (nSPS) is 15.9. The van der Waals surface area contributed by atoms with E-state index in [0.29, 0.717) is 11.3 Å². The number of benzene rings is 2. The quantitative estimate of drug-likeness (QED) is 0.501. The van der Waals surface area contributed by atoms with Gasteiger partial charge in [-0.15, -0.1) is 11.3 Å². The Kier molecular flexibility index (Phi) is 3.76. The van der Waals surface area contributed by atoms with Crippen molar-refractivity contribution in [1.82, 2.24) is 9.97 Å². The van der Waals surface area contributed by atoms with Crippen molar-refractivity contribution in [3.8, 4) is 10.7 Å². The molecule has 0 bridgehead atoms. The van der Waals surface area contributed by atoms with Crippen LogP contribution in [0, 0.1) is 0 Å². The van der Waals surface area contributed by atoms with Crippen LogP contribution in [0.15, 0.2) is 66.9 Å². The lowest BCUT2D eigenvalue weighted by atomic mass is 10.1. The Morgan fingerprint density at radius 3 is 2.78 bits per heavy atom. The second-order valence-corrected chi connectivity index (χ2v) is 7.77. The molecule has 0 saturated heterocycles. The van der Waals surface area contributed by atoms with Crippen LogP contribution < -0.4 is 4.90 Å². The lowest BCUT2D eigenvalue weighted by molar-refractivity contribution is 0.0982. The molecule has 0 aliphatic carbocycles. The van der Waals surface area contributed by atoms with Crippen molar-refractivity contribution in [3.63, 3.8) is 0 Å². The average Bonchev–Trinajstić information content (AvgIpc) is 3.27. The molecule has 5 heteroatoms. The van der Waals surface area contributed by atoms with Gasteiger partial charge in [0.2, 0.25) is 0 Å². The molecule has 3 heterocycles. The minimum atomic E-state index is -0.0187. The summed E-state index contributed by atoms with van der Waals surface area (Å²) in [6, 6.07) is 19.9. The third-order valence-electron chi connectivity index (χ3n) is 4.96. The first-order valence-electron chi connectivity index (χ1n) is 8.95. The van der Waals surface area contributed by atoms with Crippen molar-refractivity contribution in [2.75, 3.05) is 4.90 Å². The van der Waals surface area contributed by atoms with E-state index >= 15 is 0 Å². The number of nitrogens with zero attached hydrogens (tertiary/aromatic N) is 3. The Bertz CT molecular complexity index is 1130. The summed E-state index contributed by atoms with van der Waals surface area (Å²) in [5.74, 6) is -0.0187. The van der Waals surface area contributed by atoms with Gasteiger partial charge in [0.25, 0.3) is 5.91 Å². The maximum Gasteiger partial charge on any atom is 0.260 e. The maximum absolute atomic E-state index is 13.5. The molecule has 1 amide bonds. The van der Waals surface area contributed by atoms with Gasteiger partial charge >= 0.3 is 0 Å². The van der Waals surface area contributed by atoms with Gasteiger partial charge in [-0.1, -0.05) is 30.3 Å². The van der Waals surface area contributed by atoms with Crippen molar-refractivity contribution in [1.29, 1.82) is 0 Å². The molecule has 0 spiro atoms. The van der Waals surface area contributed by atoms with Gasteiger partial charge in [-0.25, -0.2) is 4.98 Å². The monoisotopic (exact) mass is 371 g/mol. The number of hydrogen-bond acceptors (Lipinski definition) is 4. The zero-order chi connectivity index (χ0) is 18.4. The number of para-hydroxylation sites is 2. The van der Waals surface area contributed by atoms with Crippen molar-refractivity contribution < 1.29 is 4.79 Å².